The lowest BCUT2D eigenvalue weighted by molar-refractivity contribution is 0.119. The second-order valence-electron chi connectivity index (χ2n) is 3.47. The third kappa shape index (κ3) is 2.88. The summed E-state index contributed by atoms with van der Waals surface area (Å²) >= 11 is 0. The minimum absolute atomic E-state index is 0.663. The molecule has 0 aromatic carbocycles. The Labute approximate surface area is 79.8 Å². The number of guanidine groups is 1. The lowest BCUT2D eigenvalue weighted by Gasteiger charge is -2.32. The third-order valence-corrected chi connectivity index (χ3v) is 2.57. The predicted molar refractivity (Wildman–Crippen MR) is 53.7 cm³/mol. The van der Waals surface area contributed by atoms with E-state index in [0.717, 1.165) is 32.5 Å². The van der Waals surface area contributed by atoms with Crippen molar-refractivity contribution < 1.29 is 4.74 Å². The van der Waals surface area contributed by atoms with Gasteiger partial charge in [0.05, 0.1) is 0 Å². The molecule has 13 heavy (non-hydrogen) atoms. The van der Waals surface area contributed by atoms with Gasteiger partial charge in [-0.25, -0.2) is 0 Å². The Balaban J connectivity index is 2.30. The Bertz CT molecular complexity index is 174. The molecule has 0 saturated carbocycles. The number of nitrogens with zero attached hydrogens (tertiary/aromatic N) is 2. The maximum absolute atomic E-state index is 5.71. The zero-order valence-corrected chi connectivity index (χ0v) is 8.49. The summed E-state index contributed by atoms with van der Waals surface area (Å²) < 4.78 is 5.12. The van der Waals surface area contributed by atoms with Gasteiger partial charge in [-0.2, -0.15) is 0 Å². The molecule has 4 nitrogen and oxygen atoms in total. The fraction of sp³-hybridized carbons (Fsp3) is 0.889. The van der Waals surface area contributed by atoms with E-state index in [1.807, 2.05) is 0 Å². The van der Waals surface area contributed by atoms with Crippen LogP contribution in [0, 0.1) is 5.92 Å². The number of likely N-dealkylation sites (tertiary alicyclic amines) is 1. The van der Waals surface area contributed by atoms with Gasteiger partial charge in [0.25, 0.3) is 0 Å². The fourth-order valence-electron chi connectivity index (χ4n) is 1.71. The summed E-state index contributed by atoms with van der Waals surface area (Å²) in [5.74, 6) is 1.36. The van der Waals surface area contributed by atoms with Crippen LogP contribution in [0.15, 0.2) is 4.99 Å². The SMILES string of the molecule is CN=C(N)N1CCC(COC)CC1. The van der Waals surface area contributed by atoms with Gasteiger partial charge in [0, 0.05) is 33.9 Å². The molecule has 1 fully saturated rings. The van der Waals surface area contributed by atoms with Crippen LogP contribution in [0.4, 0.5) is 0 Å². The van der Waals surface area contributed by atoms with Gasteiger partial charge in [0.2, 0.25) is 0 Å². The van der Waals surface area contributed by atoms with Crippen LogP contribution in [0.2, 0.25) is 0 Å². The Morgan fingerprint density at radius 3 is 2.62 bits per heavy atom. The van der Waals surface area contributed by atoms with Gasteiger partial charge in [-0.3, -0.25) is 4.99 Å². The van der Waals surface area contributed by atoms with Crippen LogP contribution < -0.4 is 5.73 Å². The van der Waals surface area contributed by atoms with E-state index in [2.05, 4.69) is 9.89 Å². The molecular weight excluding hydrogens is 166 g/mol. The average Bonchev–Trinajstić information content (AvgIpc) is 2.18. The highest BCUT2D eigenvalue weighted by Gasteiger charge is 2.19. The lowest BCUT2D eigenvalue weighted by Crippen LogP contribution is -2.43. The van der Waals surface area contributed by atoms with E-state index in [1.54, 1.807) is 14.2 Å². The number of piperidine rings is 1. The van der Waals surface area contributed by atoms with Crippen LogP contribution >= 0.6 is 0 Å². The normalized spacial score (nSPS) is 20.8. The van der Waals surface area contributed by atoms with E-state index < -0.39 is 0 Å². The van der Waals surface area contributed by atoms with Crippen molar-refractivity contribution in [1.29, 1.82) is 0 Å². The predicted octanol–water partition coefficient (Wildman–Crippen LogP) is 0.289. The number of aliphatic imine (C=N–C) groups is 1. The van der Waals surface area contributed by atoms with Crippen LogP contribution in [0.5, 0.6) is 0 Å². The van der Waals surface area contributed by atoms with E-state index in [-0.39, 0.29) is 0 Å². The Morgan fingerprint density at radius 1 is 1.54 bits per heavy atom. The first-order chi connectivity index (χ1) is 6.27. The Morgan fingerprint density at radius 2 is 2.15 bits per heavy atom. The molecule has 1 aliphatic heterocycles. The number of nitrogens with two attached hydrogens (primary N) is 1. The van der Waals surface area contributed by atoms with Crippen LogP contribution in [0.25, 0.3) is 0 Å². The van der Waals surface area contributed by atoms with Crippen LogP contribution in [-0.2, 0) is 4.74 Å². The molecule has 1 aliphatic rings. The van der Waals surface area contributed by atoms with Crippen molar-refractivity contribution in [3.63, 3.8) is 0 Å². The van der Waals surface area contributed by atoms with Crippen LogP contribution in [-0.4, -0.2) is 44.7 Å². The molecule has 1 rings (SSSR count). The molecule has 0 aromatic heterocycles. The van der Waals surface area contributed by atoms with Crippen molar-refractivity contribution in [1.82, 2.24) is 4.90 Å². The number of rotatable bonds is 2. The summed E-state index contributed by atoms with van der Waals surface area (Å²) in [5.41, 5.74) is 5.71. The van der Waals surface area contributed by atoms with Crippen molar-refractivity contribution in [2.45, 2.75) is 12.8 Å². The summed E-state index contributed by atoms with van der Waals surface area (Å²) in [6.45, 7) is 2.89. The van der Waals surface area contributed by atoms with Gasteiger partial charge < -0.3 is 15.4 Å². The van der Waals surface area contributed by atoms with Crippen molar-refractivity contribution in [2.24, 2.45) is 16.6 Å². The molecule has 0 spiro atoms. The zero-order valence-electron chi connectivity index (χ0n) is 8.49. The molecule has 0 radical (unpaired) electrons. The molecular formula is C9H19N3O. The molecule has 1 heterocycles. The first-order valence-corrected chi connectivity index (χ1v) is 4.74. The molecule has 0 atom stereocenters. The molecule has 0 bridgehead atoms. The first kappa shape index (κ1) is 10.3. The van der Waals surface area contributed by atoms with Crippen molar-refractivity contribution in [2.75, 3.05) is 33.9 Å². The topological polar surface area (TPSA) is 50.8 Å². The average molecular weight is 185 g/mol. The monoisotopic (exact) mass is 185 g/mol. The maximum atomic E-state index is 5.71. The largest absolute Gasteiger partial charge is 0.384 e. The maximum Gasteiger partial charge on any atom is 0.190 e. The van der Waals surface area contributed by atoms with E-state index >= 15 is 0 Å². The molecule has 0 amide bonds. The Kier molecular flexibility index (Phi) is 4.02. The highest BCUT2D eigenvalue weighted by molar-refractivity contribution is 5.77. The van der Waals surface area contributed by atoms with Crippen LogP contribution in [0.3, 0.4) is 0 Å². The molecule has 76 valence electrons. The summed E-state index contributed by atoms with van der Waals surface area (Å²) in [6, 6.07) is 0. The third-order valence-electron chi connectivity index (χ3n) is 2.57. The van der Waals surface area contributed by atoms with Crippen molar-refractivity contribution in [3.8, 4) is 0 Å². The molecule has 0 aromatic rings. The summed E-state index contributed by atoms with van der Waals surface area (Å²) in [4.78, 5) is 6.10. The minimum Gasteiger partial charge on any atom is -0.384 e. The minimum atomic E-state index is 0.663. The molecule has 1 saturated heterocycles. The van der Waals surface area contributed by atoms with Gasteiger partial charge in [-0.1, -0.05) is 0 Å². The number of hydrogen-bond donors (Lipinski definition) is 1. The number of hydrogen-bond acceptors (Lipinski definition) is 2. The van der Waals surface area contributed by atoms with Gasteiger partial charge in [-0.05, 0) is 18.8 Å². The van der Waals surface area contributed by atoms with Crippen molar-refractivity contribution in [3.05, 3.63) is 0 Å². The van der Waals surface area contributed by atoms with Gasteiger partial charge in [0.15, 0.2) is 5.96 Å². The quantitative estimate of drug-likeness (QED) is 0.497. The fourth-order valence-corrected chi connectivity index (χ4v) is 1.71. The summed E-state index contributed by atoms with van der Waals surface area (Å²) in [6.07, 6.45) is 2.31. The summed E-state index contributed by atoms with van der Waals surface area (Å²) in [7, 11) is 3.49. The smallest absolute Gasteiger partial charge is 0.190 e. The second-order valence-corrected chi connectivity index (χ2v) is 3.47. The van der Waals surface area contributed by atoms with Gasteiger partial charge in [-0.15, -0.1) is 0 Å². The number of methoxy groups -OCH3 is 1. The lowest BCUT2D eigenvalue weighted by atomic mass is 9.98. The first-order valence-electron chi connectivity index (χ1n) is 4.74. The van der Waals surface area contributed by atoms with E-state index in [1.165, 1.54) is 0 Å². The highest BCUT2D eigenvalue weighted by atomic mass is 16.5. The summed E-state index contributed by atoms with van der Waals surface area (Å²) in [5, 5.41) is 0. The highest BCUT2D eigenvalue weighted by Crippen LogP contribution is 2.16. The zero-order chi connectivity index (χ0) is 9.68. The number of ether oxygens (including phenoxy) is 1. The molecule has 2 N–H and O–H groups in total. The second kappa shape index (κ2) is 5.07. The molecule has 4 heteroatoms. The van der Waals surface area contributed by atoms with Crippen LogP contribution in [0.1, 0.15) is 12.8 Å². The van der Waals surface area contributed by atoms with E-state index in [0.29, 0.717) is 11.9 Å². The van der Waals surface area contributed by atoms with Crippen molar-refractivity contribution >= 4 is 5.96 Å². The van der Waals surface area contributed by atoms with E-state index in [9.17, 15) is 0 Å². The Hall–Kier alpha value is -0.770. The van der Waals surface area contributed by atoms with E-state index in [4.69, 9.17) is 10.5 Å². The van der Waals surface area contributed by atoms with Gasteiger partial charge >= 0.3 is 0 Å². The molecule has 0 aliphatic carbocycles. The molecule has 0 unspecified atom stereocenters. The van der Waals surface area contributed by atoms with Gasteiger partial charge in [0.1, 0.15) is 0 Å². The standard InChI is InChI=1S/C9H19N3O/c1-11-9(10)12-5-3-8(4-6-12)7-13-2/h8H,3-7H2,1-2H3,(H2,10,11).